The Labute approximate surface area is 83.0 Å². The van der Waals surface area contributed by atoms with Crippen LogP contribution in [0, 0.1) is 0 Å². The smallest absolute Gasteiger partial charge is 0.335 e. The molecule has 0 saturated heterocycles. The van der Waals surface area contributed by atoms with Crippen LogP contribution in [0.2, 0.25) is 0 Å². The highest BCUT2D eigenvalue weighted by Crippen LogP contribution is 2.16. The van der Waals surface area contributed by atoms with Crippen LogP contribution in [0.25, 0.3) is 0 Å². The van der Waals surface area contributed by atoms with Gasteiger partial charge in [-0.2, -0.15) is 0 Å². The number of aromatic carboxylic acids is 1. The van der Waals surface area contributed by atoms with Crippen molar-refractivity contribution >= 4 is 5.97 Å². The van der Waals surface area contributed by atoms with Gasteiger partial charge in [0.1, 0.15) is 0 Å². The number of carbonyl (C=O) groups is 1. The Balaban J connectivity index is 0.000000165. The molecule has 1 aromatic carbocycles. The summed E-state index contributed by atoms with van der Waals surface area (Å²) in [5.74, 6) is -0.879. The summed E-state index contributed by atoms with van der Waals surface area (Å²) < 4.78 is 0. The van der Waals surface area contributed by atoms with Crippen LogP contribution in [0.4, 0.5) is 0 Å². The number of aliphatic hydroxyl groups is 1. The maximum Gasteiger partial charge on any atom is 0.335 e. The zero-order valence-corrected chi connectivity index (χ0v) is 7.89. The molecule has 76 valence electrons. The molecule has 1 saturated carbocycles. The first-order valence-electron chi connectivity index (χ1n) is 4.66. The highest BCUT2D eigenvalue weighted by atomic mass is 16.4. The molecule has 0 aromatic heterocycles. The van der Waals surface area contributed by atoms with Gasteiger partial charge in [0.05, 0.1) is 11.7 Å². The quantitative estimate of drug-likeness (QED) is 0.718. The van der Waals surface area contributed by atoms with Gasteiger partial charge in [-0.05, 0) is 31.4 Å². The van der Waals surface area contributed by atoms with Crippen molar-refractivity contribution < 1.29 is 15.0 Å². The Kier molecular flexibility index (Phi) is 4.13. The van der Waals surface area contributed by atoms with Gasteiger partial charge >= 0.3 is 5.97 Å². The molecule has 0 unspecified atom stereocenters. The lowest BCUT2D eigenvalue weighted by Gasteiger charge is -2.17. The minimum absolute atomic E-state index is 0.0648. The van der Waals surface area contributed by atoms with Crippen molar-refractivity contribution in [1.82, 2.24) is 0 Å². The van der Waals surface area contributed by atoms with E-state index in [4.69, 9.17) is 10.2 Å². The van der Waals surface area contributed by atoms with Gasteiger partial charge in [-0.1, -0.05) is 18.2 Å². The summed E-state index contributed by atoms with van der Waals surface area (Å²) in [6.07, 6.45) is 3.39. The highest BCUT2D eigenvalue weighted by molar-refractivity contribution is 5.87. The van der Waals surface area contributed by atoms with Gasteiger partial charge in [0, 0.05) is 0 Å². The molecule has 0 spiro atoms. The van der Waals surface area contributed by atoms with E-state index in [2.05, 4.69) is 0 Å². The molecule has 2 rings (SSSR count). The highest BCUT2D eigenvalue weighted by Gasteiger charge is 2.11. The van der Waals surface area contributed by atoms with Crippen molar-refractivity contribution in [2.45, 2.75) is 25.4 Å². The molecule has 14 heavy (non-hydrogen) atoms. The number of carboxylic acid groups (broad SMARTS) is 1. The van der Waals surface area contributed by atoms with E-state index in [9.17, 15) is 4.79 Å². The Bertz CT molecular complexity index is 278. The van der Waals surface area contributed by atoms with Crippen LogP contribution in [0.5, 0.6) is 0 Å². The lowest BCUT2D eigenvalue weighted by Crippen LogP contribution is -2.15. The van der Waals surface area contributed by atoms with Gasteiger partial charge in [-0.25, -0.2) is 4.79 Å². The summed E-state index contributed by atoms with van der Waals surface area (Å²) in [4.78, 5) is 10.2. The second-order valence-corrected chi connectivity index (χ2v) is 3.26. The van der Waals surface area contributed by atoms with E-state index < -0.39 is 5.97 Å². The van der Waals surface area contributed by atoms with Crippen LogP contribution in [0.3, 0.4) is 0 Å². The van der Waals surface area contributed by atoms with Gasteiger partial charge in [-0.3, -0.25) is 0 Å². The third kappa shape index (κ3) is 3.58. The first-order valence-corrected chi connectivity index (χ1v) is 4.66. The fourth-order valence-corrected chi connectivity index (χ4v) is 0.967. The SMILES string of the molecule is O=C(O)c1ccccc1.OC1CCC1. The molecule has 2 N–H and O–H groups in total. The van der Waals surface area contributed by atoms with Crippen molar-refractivity contribution in [3.05, 3.63) is 35.9 Å². The van der Waals surface area contributed by atoms with E-state index in [-0.39, 0.29) is 6.10 Å². The summed E-state index contributed by atoms with van der Waals surface area (Å²) in [7, 11) is 0. The van der Waals surface area contributed by atoms with E-state index in [1.165, 1.54) is 6.42 Å². The Morgan fingerprint density at radius 2 is 1.71 bits per heavy atom. The minimum atomic E-state index is -0.879. The van der Waals surface area contributed by atoms with Crippen LogP contribution >= 0.6 is 0 Å². The van der Waals surface area contributed by atoms with Crippen molar-refractivity contribution in [2.75, 3.05) is 0 Å². The van der Waals surface area contributed by atoms with Gasteiger partial charge < -0.3 is 10.2 Å². The topological polar surface area (TPSA) is 57.5 Å². The first kappa shape index (κ1) is 10.7. The molecule has 0 radical (unpaired) electrons. The van der Waals surface area contributed by atoms with E-state index >= 15 is 0 Å². The Hall–Kier alpha value is -1.35. The molecule has 3 heteroatoms. The number of rotatable bonds is 1. The number of hydrogen-bond donors (Lipinski definition) is 2. The number of hydrogen-bond acceptors (Lipinski definition) is 2. The van der Waals surface area contributed by atoms with Crippen LogP contribution in [-0.2, 0) is 0 Å². The van der Waals surface area contributed by atoms with Gasteiger partial charge in [0.15, 0.2) is 0 Å². The van der Waals surface area contributed by atoms with Gasteiger partial charge in [-0.15, -0.1) is 0 Å². The second kappa shape index (κ2) is 5.40. The maximum atomic E-state index is 10.2. The summed E-state index contributed by atoms with van der Waals surface area (Å²) in [6, 6.07) is 8.30. The zero-order chi connectivity index (χ0) is 10.4. The third-order valence-corrected chi connectivity index (χ3v) is 2.10. The Morgan fingerprint density at radius 1 is 1.21 bits per heavy atom. The van der Waals surface area contributed by atoms with E-state index in [1.807, 2.05) is 0 Å². The standard InChI is InChI=1S/C7H6O2.C4H8O/c8-7(9)6-4-2-1-3-5-6;5-4-2-1-3-4/h1-5H,(H,8,9);4-5H,1-3H2. The fraction of sp³-hybridized carbons (Fsp3) is 0.364. The van der Waals surface area contributed by atoms with Crippen LogP contribution in [-0.4, -0.2) is 22.3 Å². The predicted molar refractivity (Wildman–Crippen MR) is 53.3 cm³/mol. The Morgan fingerprint density at radius 3 is 1.93 bits per heavy atom. The van der Waals surface area contributed by atoms with E-state index in [1.54, 1.807) is 30.3 Å². The molecule has 0 amide bonds. The summed E-state index contributed by atoms with van der Waals surface area (Å²) in [6.45, 7) is 0. The van der Waals surface area contributed by atoms with E-state index in [0.717, 1.165) is 12.8 Å². The van der Waals surface area contributed by atoms with Crippen molar-refractivity contribution in [1.29, 1.82) is 0 Å². The molecule has 3 nitrogen and oxygen atoms in total. The average molecular weight is 194 g/mol. The molecule has 1 aliphatic rings. The fourth-order valence-electron chi connectivity index (χ4n) is 0.967. The summed E-state index contributed by atoms with van der Waals surface area (Å²) in [5.41, 5.74) is 0.331. The molecule has 1 aliphatic carbocycles. The molecule has 1 fully saturated rings. The molecule has 1 aromatic rings. The lowest BCUT2D eigenvalue weighted by molar-refractivity contribution is 0.0697. The average Bonchev–Trinajstić information content (AvgIpc) is 2.17. The lowest BCUT2D eigenvalue weighted by atomic mass is 9.97. The number of aliphatic hydroxyl groups excluding tert-OH is 1. The van der Waals surface area contributed by atoms with Crippen LogP contribution in [0.1, 0.15) is 29.6 Å². The predicted octanol–water partition coefficient (Wildman–Crippen LogP) is 1.92. The molecule has 0 heterocycles. The minimum Gasteiger partial charge on any atom is -0.478 e. The van der Waals surface area contributed by atoms with Crippen LogP contribution < -0.4 is 0 Å². The molecular weight excluding hydrogens is 180 g/mol. The van der Waals surface area contributed by atoms with Gasteiger partial charge in [0.25, 0.3) is 0 Å². The van der Waals surface area contributed by atoms with Gasteiger partial charge in [0.2, 0.25) is 0 Å². The van der Waals surface area contributed by atoms with Crippen molar-refractivity contribution in [2.24, 2.45) is 0 Å². The zero-order valence-electron chi connectivity index (χ0n) is 7.89. The van der Waals surface area contributed by atoms with Crippen molar-refractivity contribution in [3.8, 4) is 0 Å². The second-order valence-electron chi connectivity index (χ2n) is 3.26. The monoisotopic (exact) mass is 194 g/mol. The first-order chi connectivity index (χ1) is 6.70. The summed E-state index contributed by atoms with van der Waals surface area (Å²) in [5, 5.41) is 16.8. The normalized spacial score (nSPS) is 14.9. The molecule has 0 bridgehead atoms. The number of carboxylic acids is 1. The van der Waals surface area contributed by atoms with Crippen LogP contribution in [0.15, 0.2) is 30.3 Å². The summed E-state index contributed by atoms with van der Waals surface area (Å²) >= 11 is 0. The maximum absolute atomic E-state index is 10.2. The van der Waals surface area contributed by atoms with E-state index in [0.29, 0.717) is 5.56 Å². The molecule has 0 aliphatic heterocycles. The molecule has 0 atom stereocenters. The molecular formula is C11H14O3. The van der Waals surface area contributed by atoms with Crippen molar-refractivity contribution in [3.63, 3.8) is 0 Å². The number of benzene rings is 1. The largest absolute Gasteiger partial charge is 0.478 e. The third-order valence-electron chi connectivity index (χ3n) is 2.10.